The third kappa shape index (κ3) is 4.37. The highest BCUT2D eigenvalue weighted by molar-refractivity contribution is 5.94. The first kappa shape index (κ1) is 19.4. The van der Waals surface area contributed by atoms with Crippen molar-refractivity contribution in [3.8, 4) is 5.75 Å². The molecular formula is C19H23N3O4. The number of rotatable bonds is 7. The molecule has 0 saturated heterocycles. The Labute approximate surface area is 152 Å². The number of nitro benzene ring substituents is 1. The summed E-state index contributed by atoms with van der Waals surface area (Å²) in [5.41, 5.74) is 1.61. The zero-order valence-electron chi connectivity index (χ0n) is 15.4. The fourth-order valence-electron chi connectivity index (χ4n) is 2.65. The lowest BCUT2D eigenvalue weighted by Gasteiger charge is -2.28. The summed E-state index contributed by atoms with van der Waals surface area (Å²) in [6, 6.07) is 13.6. The van der Waals surface area contributed by atoms with Crippen LogP contribution in [0.4, 0.5) is 11.4 Å². The Hall–Kier alpha value is -2.93. The number of ether oxygens (including phenoxy) is 1. The van der Waals surface area contributed by atoms with E-state index in [4.69, 9.17) is 4.74 Å². The minimum atomic E-state index is -0.464. The third-order valence-corrected chi connectivity index (χ3v) is 4.46. The van der Waals surface area contributed by atoms with Gasteiger partial charge in [-0.2, -0.15) is 0 Å². The van der Waals surface area contributed by atoms with Gasteiger partial charge in [-0.15, -0.1) is 0 Å². The molecular weight excluding hydrogens is 334 g/mol. The molecule has 2 rings (SSSR count). The van der Waals surface area contributed by atoms with E-state index < -0.39 is 4.92 Å². The van der Waals surface area contributed by atoms with Crippen LogP contribution in [0.3, 0.4) is 0 Å². The van der Waals surface area contributed by atoms with E-state index in [1.165, 1.54) is 17.0 Å². The Bertz CT molecular complexity index is 777. The van der Waals surface area contributed by atoms with E-state index in [2.05, 4.69) is 0 Å². The van der Waals surface area contributed by atoms with Crippen molar-refractivity contribution in [2.45, 2.75) is 13.0 Å². The summed E-state index contributed by atoms with van der Waals surface area (Å²) in [5, 5.41) is 10.7. The average Bonchev–Trinajstić information content (AvgIpc) is 2.66. The molecule has 2 aromatic carbocycles. The van der Waals surface area contributed by atoms with Gasteiger partial charge in [-0.1, -0.05) is 18.2 Å². The summed E-state index contributed by atoms with van der Waals surface area (Å²) in [6.07, 6.45) is 0. The van der Waals surface area contributed by atoms with E-state index in [9.17, 15) is 14.9 Å². The number of amides is 1. The standard InChI is InChI=1S/C19H23N3O4/c1-14(17-7-5-6-8-18(17)26-4)20(2)13-19(23)21(3)15-9-11-16(12-10-15)22(24)25/h5-12,14H,13H2,1-4H3. The zero-order chi connectivity index (χ0) is 19.3. The van der Waals surface area contributed by atoms with E-state index in [0.29, 0.717) is 5.69 Å². The van der Waals surface area contributed by atoms with Gasteiger partial charge < -0.3 is 9.64 Å². The molecule has 0 radical (unpaired) electrons. The lowest BCUT2D eigenvalue weighted by molar-refractivity contribution is -0.384. The number of benzene rings is 2. The summed E-state index contributed by atoms with van der Waals surface area (Å²) in [5.74, 6) is 0.672. The number of para-hydroxylation sites is 1. The number of carbonyl (C=O) groups is 1. The fourth-order valence-corrected chi connectivity index (χ4v) is 2.65. The van der Waals surface area contributed by atoms with Crippen LogP contribution in [0.1, 0.15) is 18.5 Å². The number of methoxy groups -OCH3 is 1. The highest BCUT2D eigenvalue weighted by atomic mass is 16.6. The number of hydrogen-bond acceptors (Lipinski definition) is 5. The van der Waals surface area contributed by atoms with Crippen LogP contribution in [0.25, 0.3) is 0 Å². The van der Waals surface area contributed by atoms with Gasteiger partial charge in [-0.3, -0.25) is 19.8 Å². The number of nitrogens with zero attached hydrogens (tertiary/aromatic N) is 3. The first-order valence-electron chi connectivity index (χ1n) is 8.19. The molecule has 0 saturated carbocycles. The lowest BCUT2D eigenvalue weighted by Crippen LogP contribution is -2.37. The maximum atomic E-state index is 12.6. The van der Waals surface area contributed by atoms with Gasteiger partial charge in [-0.05, 0) is 32.2 Å². The minimum absolute atomic E-state index is 0.00323. The molecule has 0 aliphatic heterocycles. The van der Waals surface area contributed by atoms with Crippen molar-refractivity contribution < 1.29 is 14.5 Å². The van der Waals surface area contributed by atoms with E-state index in [1.54, 1.807) is 26.3 Å². The van der Waals surface area contributed by atoms with Gasteiger partial charge in [-0.25, -0.2) is 0 Å². The molecule has 138 valence electrons. The summed E-state index contributed by atoms with van der Waals surface area (Å²) < 4.78 is 5.39. The predicted molar refractivity (Wildman–Crippen MR) is 101 cm³/mol. The van der Waals surface area contributed by atoms with Crippen LogP contribution in [0, 0.1) is 10.1 Å². The van der Waals surface area contributed by atoms with Crippen LogP contribution in [0.2, 0.25) is 0 Å². The summed E-state index contributed by atoms with van der Waals surface area (Å²) in [6.45, 7) is 2.21. The normalized spacial score (nSPS) is 11.9. The van der Waals surface area contributed by atoms with Crippen molar-refractivity contribution in [3.63, 3.8) is 0 Å². The Morgan fingerprint density at radius 1 is 1.15 bits per heavy atom. The van der Waals surface area contributed by atoms with Crippen LogP contribution in [-0.2, 0) is 4.79 Å². The van der Waals surface area contributed by atoms with Gasteiger partial charge in [0.25, 0.3) is 5.69 Å². The van der Waals surface area contributed by atoms with Crippen LogP contribution in [-0.4, -0.2) is 43.5 Å². The minimum Gasteiger partial charge on any atom is -0.496 e. The van der Waals surface area contributed by atoms with Crippen molar-refractivity contribution in [3.05, 3.63) is 64.2 Å². The van der Waals surface area contributed by atoms with E-state index in [0.717, 1.165) is 11.3 Å². The SMILES string of the molecule is COc1ccccc1C(C)N(C)CC(=O)N(C)c1ccc([N+](=O)[O-])cc1. The number of anilines is 1. The number of non-ortho nitro benzene ring substituents is 1. The van der Waals surface area contributed by atoms with Crippen molar-refractivity contribution >= 4 is 17.3 Å². The smallest absolute Gasteiger partial charge is 0.269 e. The molecule has 26 heavy (non-hydrogen) atoms. The van der Waals surface area contributed by atoms with Gasteiger partial charge in [0, 0.05) is 36.5 Å². The molecule has 0 spiro atoms. The number of likely N-dealkylation sites (N-methyl/N-ethyl adjacent to an activating group) is 2. The Kier molecular flexibility index (Phi) is 6.30. The van der Waals surface area contributed by atoms with E-state index >= 15 is 0 Å². The van der Waals surface area contributed by atoms with Gasteiger partial charge >= 0.3 is 0 Å². The van der Waals surface area contributed by atoms with Gasteiger partial charge in [0.15, 0.2) is 0 Å². The van der Waals surface area contributed by atoms with E-state index in [1.807, 2.05) is 43.1 Å². The van der Waals surface area contributed by atoms with Crippen molar-refractivity contribution in [1.82, 2.24) is 4.90 Å². The van der Waals surface area contributed by atoms with Crippen molar-refractivity contribution in [2.75, 3.05) is 32.6 Å². The molecule has 7 nitrogen and oxygen atoms in total. The fraction of sp³-hybridized carbons (Fsp3) is 0.316. The van der Waals surface area contributed by atoms with Gasteiger partial charge in [0.2, 0.25) is 5.91 Å². The lowest BCUT2D eigenvalue weighted by atomic mass is 10.1. The van der Waals surface area contributed by atoms with Crippen LogP contribution in [0.5, 0.6) is 5.75 Å². The second-order valence-corrected chi connectivity index (χ2v) is 6.06. The number of carbonyl (C=O) groups excluding carboxylic acids is 1. The topological polar surface area (TPSA) is 75.9 Å². The van der Waals surface area contributed by atoms with E-state index in [-0.39, 0.29) is 24.2 Å². The molecule has 7 heteroatoms. The zero-order valence-corrected chi connectivity index (χ0v) is 15.4. The molecule has 1 unspecified atom stereocenters. The maximum Gasteiger partial charge on any atom is 0.269 e. The van der Waals surface area contributed by atoms with Gasteiger partial charge in [0.1, 0.15) is 5.75 Å². The Morgan fingerprint density at radius 3 is 2.35 bits per heavy atom. The quantitative estimate of drug-likeness (QED) is 0.561. The first-order valence-corrected chi connectivity index (χ1v) is 8.19. The van der Waals surface area contributed by atoms with Crippen molar-refractivity contribution in [2.24, 2.45) is 0 Å². The molecule has 0 heterocycles. The molecule has 0 aliphatic rings. The van der Waals surface area contributed by atoms with Crippen LogP contribution in [0.15, 0.2) is 48.5 Å². The predicted octanol–water partition coefficient (Wildman–Crippen LogP) is 3.26. The molecule has 0 aromatic heterocycles. The van der Waals surface area contributed by atoms with Crippen LogP contribution >= 0.6 is 0 Å². The molecule has 0 fully saturated rings. The second kappa shape index (κ2) is 8.44. The highest BCUT2D eigenvalue weighted by Gasteiger charge is 2.20. The molecule has 1 amide bonds. The summed E-state index contributed by atoms with van der Waals surface area (Å²) >= 11 is 0. The monoisotopic (exact) mass is 357 g/mol. The molecule has 0 aliphatic carbocycles. The van der Waals surface area contributed by atoms with Gasteiger partial charge in [0.05, 0.1) is 18.6 Å². The molecule has 0 bridgehead atoms. The number of nitro groups is 1. The largest absolute Gasteiger partial charge is 0.496 e. The average molecular weight is 357 g/mol. The summed E-state index contributed by atoms with van der Waals surface area (Å²) in [7, 11) is 5.16. The Balaban J connectivity index is 2.06. The summed E-state index contributed by atoms with van der Waals surface area (Å²) in [4.78, 5) is 26.3. The third-order valence-electron chi connectivity index (χ3n) is 4.46. The Morgan fingerprint density at radius 2 is 1.77 bits per heavy atom. The number of hydrogen-bond donors (Lipinski definition) is 0. The molecule has 1 atom stereocenters. The van der Waals surface area contributed by atoms with Crippen molar-refractivity contribution in [1.29, 1.82) is 0 Å². The molecule has 0 N–H and O–H groups in total. The second-order valence-electron chi connectivity index (χ2n) is 6.06. The molecule has 2 aromatic rings. The first-order chi connectivity index (χ1) is 12.3. The van der Waals surface area contributed by atoms with Crippen LogP contribution < -0.4 is 9.64 Å². The maximum absolute atomic E-state index is 12.6. The highest BCUT2D eigenvalue weighted by Crippen LogP contribution is 2.28.